The van der Waals surface area contributed by atoms with Crippen molar-refractivity contribution >= 4 is 6.41 Å². The van der Waals surface area contributed by atoms with Crippen LogP contribution >= 0.6 is 0 Å². The minimum Gasteiger partial charge on any atom is -0.342 e. The molecule has 1 aliphatic heterocycles. The van der Waals surface area contributed by atoms with Crippen LogP contribution in [-0.2, 0) is 4.79 Å². The molecular formula is C7H13NO. The van der Waals surface area contributed by atoms with E-state index < -0.39 is 0 Å². The molecule has 0 aromatic rings. The van der Waals surface area contributed by atoms with Gasteiger partial charge in [0.05, 0.1) is 0 Å². The highest BCUT2D eigenvalue weighted by atomic mass is 16.1. The first-order chi connectivity index (χ1) is 4.24. The molecule has 9 heavy (non-hydrogen) atoms. The summed E-state index contributed by atoms with van der Waals surface area (Å²) in [5.74, 6) is 0.699. The van der Waals surface area contributed by atoms with Gasteiger partial charge < -0.3 is 4.90 Å². The van der Waals surface area contributed by atoms with E-state index in [1.165, 1.54) is 6.42 Å². The van der Waals surface area contributed by atoms with Crippen LogP contribution in [0.3, 0.4) is 0 Å². The summed E-state index contributed by atoms with van der Waals surface area (Å²) < 4.78 is 0. The molecule has 0 spiro atoms. The van der Waals surface area contributed by atoms with Gasteiger partial charge in [0, 0.05) is 12.6 Å². The summed E-state index contributed by atoms with van der Waals surface area (Å²) >= 11 is 0. The standard InChI is InChI=1S/C7H13NO/c1-6-3-7(2)8(4-6)5-9/h5-7H,3-4H2,1-2H3. The third kappa shape index (κ3) is 1.23. The minimum atomic E-state index is 0.470. The fraction of sp³-hybridized carbons (Fsp3) is 0.857. The first kappa shape index (κ1) is 6.59. The highest BCUT2D eigenvalue weighted by Gasteiger charge is 2.23. The second-order valence-electron chi connectivity index (χ2n) is 2.99. The molecule has 1 rings (SSSR count). The van der Waals surface area contributed by atoms with E-state index in [0.717, 1.165) is 13.0 Å². The van der Waals surface area contributed by atoms with Gasteiger partial charge in [-0.3, -0.25) is 4.79 Å². The average molecular weight is 127 g/mol. The topological polar surface area (TPSA) is 20.3 Å². The van der Waals surface area contributed by atoms with E-state index in [9.17, 15) is 4.79 Å². The Morgan fingerprint density at radius 1 is 1.56 bits per heavy atom. The van der Waals surface area contributed by atoms with Crippen LogP contribution in [0.2, 0.25) is 0 Å². The van der Waals surface area contributed by atoms with Crippen molar-refractivity contribution in [3.05, 3.63) is 0 Å². The summed E-state index contributed by atoms with van der Waals surface area (Å²) in [5.41, 5.74) is 0. The predicted molar refractivity (Wildman–Crippen MR) is 36.0 cm³/mol. The molecule has 2 atom stereocenters. The maximum Gasteiger partial charge on any atom is 0.209 e. The smallest absolute Gasteiger partial charge is 0.209 e. The molecular weight excluding hydrogens is 114 g/mol. The molecule has 2 unspecified atom stereocenters. The lowest BCUT2D eigenvalue weighted by molar-refractivity contribution is -0.118. The summed E-state index contributed by atoms with van der Waals surface area (Å²) in [6.45, 7) is 5.22. The van der Waals surface area contributed by atoms with E-state index in [4.69, 9.17) is 0 Å². The molecule has 0 aromatic heterocycles. The van der Waals surface area contributed by atoms with Crippen LogP contribution in [0, 0.1) is 5.92 Å². The van der Waals surface area contributed by atoms with Crippen molar-refractivity contribution < 1.29 is 4.79 Å². The monoisotopic (exact) mass is 127 g/mol. The van der Waals surface area contributed by atoms with Gasteiger partial charge >= 0.3 is 0 Å². The van der Waals surface area contributed by atoms with E-state index in [1.54, 1.807) is 0 Å². The second-order valence-corrected chi connectivity index (χ2v) is 2.99. The molecule has 0 saturated carbocycles. The van der Waals surface area contributed by atoms with Gasteiger partial charge in [0.15, 0.2) is 0 Å². The third-order valence-corrected chi connectivity index (χ3v) is 1.97. The lowest BCUT2D eigenvalue weighted by Gasteiger charge is -2.13. The molecule has 1 amide bonds. The average Bonchev–Trinajstić information content (AvgIpc) is 2.10. The number of nitrogens with zero attached hydrogens (tertiary/aromatic N) is 1. The van der Waals surface area contributed by atoms with Crippen molar-refractivity contribution in [2.24, 2.45) is 5.92 Å². The number of carbonyl (C=O) groups is 1. The first-order valence-corrected chi connectivity index (χ1v) is 3.45. The molecule has 0 aromatic carbocycles. The Bertz CT molecular complexity index is 113. The molecule has 1 heterocycles. The zero-order chi connectivity index (χ0) is 6.85. The normalized spacial score (nSPS) is 35.1. The van der Waals surface area contributed by atoms with Gasteiger partial charge in [-0.05, 0) is 19.3 Å². The molecule has 1 fully saturated rings. The Morgan fingerprint density at radius 3 is 2.44 bits per heavy atom. The van der Waals surface area contributed by atoms with Crippen molar-refractivity contribution in [2.75, 3.05) is 6.54 Å². The van der Waals surface area contributed by atoms with Crippen LogP contribution in [0.5, 0.6) is 0 Å². The summed E-state index contributed by atoms with van der Waals surface area (Å²) in [6.07, 6.45) is 2.12. The Labute approximate surface area is 55.8 Å². The number of likely N-dealkylation sites (tertiary alicyclic amines) is 1. The van der Waals surface area contributed by atoms with Crippen LogP contribution in [0.4, 0.5) is 0 Å². The van der Waals surface area contributed by atoms with Crippen LogP contribution < -0.4 is 0 Å². The van der Waals surface area contributed by atoms with Gasteiger partial charge in [0.25, 0.3) is 0 Å². The first-order valence-electron chi connectivity index (χ1n) is 3.45. The molecule has 2 nitrogen and oxygen atoms in total. The van der Waals surface area contributed by atoms with Gasteiger partial charge in [-0.25, -0.2) is 0 Å². The van der Waals surface area contributed by atoms with Crippen molar-refractivity contribution in [1.29, 1.82) is 0 Å². The highest BCUT2D eigenvalue weighted by Crippen LogP contribution is 2.19. The molecule has 0 radical (unpaired) electrons. The van der Waals surface area contributed by atoms with Gasteiger partial charge in [-0.2, -0.15) is 0 Å². The molecule has 52 valence electrons. The summed E-state index contributed by atoms with van der Waals surface area (Å²) in [4.78, 5) is 12.2. The van der Waals surface area contributed by atoms with Crippen LogP contribution in [0.1, 0.15) is 20.3 Å². The van der Waals surface area contributed by atoms with E-state index in [1.807, 2.05) is 4.90 Å². The zero-order valence-electron chi connectivity index (χ0n) is 6.00. The van der Waals surface area contributed by atoms with Crippen molar-refractivity contribution in [1.82, 2.24) is 4.90 Å². The Hall–Kier alpha value is -0.530. The number of amides is 1. The largest absolute Gasteiger partial charge is 0.342 e. The van der Waals surface area contributed by atoms with Gasteiger partial charge in [-0.1, -0.05) is 6.92 Å². The number of hydrogen-bond donors (Lipinski definition) is 0. The number of rotatable bonds is 1. The molecule has 0 N–H and O–H groups in total. The van der Waals surface area contributed by atoms with E-state index >= 15 is 0 Å². The third-order valence-electron chi connectivity index (χ3n) is 1.97. The SMILES string of the molecule is CC1CC(C)N(C=O)C1. The summed E-state index contributed by atoms with van der Waals surface area (Å²) in [7, 11) is 0. The molecule has 2 heteroatoms. The predicted octanol–water partition coefficient (Wildman–Crippen LogP) is 0.873. The zero-order valence-corrected chi connectivity index (χ0v) is 6.00. The summed E-state index contributed by atoms with van der Waals surface area (Å²) in [6, 6.07) is 0.470. The van der Waals surface area contributed by atoms with Crippen molar-refractivity contribution in [3.63, 3.8) is 0 Å². The molecule has 1 saturated heterocycles. The van der Waals surface area contributed by atoms with Crippen LogP contribution in [0.25, 0.3) is 0 Å². The Balaban J connectivity index is 2.47. The maximum absolute atomic E-state index is 10.3. The van der Waals surface area contributed by atoms with E-state index in [2.05, 4.69) is 13.8 Å². The lowest BCUT2D eigenvalue weighted by Crippen LogP contribution is -2.24. The van der Waals surface area contributed by atoms with Crippen molar-refractivity contribution in [3.8, 4) is 0 Å². The molecule has 0 bridgehead atoms. The quantitative estimate of drug-likeness (QED) is 0.479. The van der Waals surface area contributed by atoms with Crippen LogP contribution in [0.15, 0.2) is 0 Å². The second kappa shape index (κ2) is 2.38. The number of carbonyl (C=O) groups excluding carboxylic acids is 1. The van der Waals surface area contributed by atoms with E-state index in [-0.39, 0.29) is 0 Å². The van der Waals surface area contributed by atoms with Gasteiger partial charge in [-0.15, -0.1) is 0 Å². The Kier molecular flexibility index (Phi) is 1.74. The molecule has 1 aliphatic rings. The highest BCUT2D eigenvalue weighted by molar-refractivity contribution is 5.48. The lowest BCUT2D eigenvalue weighted by atomic mass is 10.1. The number of hydrogen-bond acceptors (Lipinski definition) is 1. The van der Waals surface area contributed by atoms with Gasteiger partial charge in [0.2, 0.25) is 6.41 Å². The van der Waals surface area contributed by atoms with Crippen molar-refractivity contribution in [2.45, 2.75) is 26.3 Å². The van der Waals surface area contributed by atoms with Crippen LogP contribution in [-0.4, -0.2) is 23.9 Å². The molecule has 0 aliphatic carbocycles. The summed E-state index contributed by atoms with van der Waals surface area (Å²) in [5, 5.41) is 0. The van der Waals surface area contributed by atoms with Gasteiger partial charge in [0.1, 0.15) is 0 Å². The Morgan fingerprint density at radius 2 is 2.22 bits per heavy atom. The fourth-order valence-corrected chi connectivity index (χ4v) is 1.48. The maximum atomic E-state index is 10.3. The minimum absolute atomic E-state index is 0.470. The fourth-order valence-electron chi connectivity index (χ4n) is 1.48. The van der Waals surface area contributed by atoms with E-state index in [0.29, 0.717) is 12.0 Å².